The van der Waals surface area contributed by atoms with Gasteiger partial charge in [-0.05, 0) is 31.2 Å². The number of hydrogen-bond donors (Lipinski definition) is 1. The van der Waals surface area contributed by atoms with Crippen molar-refractivity contribution in [3.63, 3.8) is 0 Å². The quantitative estimate of drug-likeness (QED) is 0.876. The van der Waals surface area contributed by atoms with Crippen LogP contribution in [-0.2, 0) is 6.54 Å². The summed E-state index contributed by atoms with van der Waals surface area (Å²) >= 11 is 0. The van der Waals surface area contributed by atoms with E-state index in [0.29, 0.717) is 11.5 Å². The van der Waals surface area contributed by atoms with Crippen molar-refractivity contribution in [2.45, 2.75) is 52.6 Å². The van der Waals surface area contributed by atoms with Gasteiger partial charge >= 0.3 is 0 Å². The van der Waals surface area contributed by atoms with Gasteiger partial charge in [-0.2, -0.15) is 0 Å². The van der Waals surface area contributed by atoms with Crippen molar-refractivity contribution in [1.82, 2.24) is 5.32 Å². The van der Waals surface area contributed by atoms with E-state index in [1.165, 1.54) is 30.4 Å². The molecule has 1 aliphatic rings. The van der Waals surface area contributed by atoms with Crippen molar-refractivity contribution >= 4 is 0 Å². The first kappa shape index (κ1) is 13.4. The summed E-state index contributed by atoms with van der Waals surface area (Å²) in [4.78, 5) is 0. The molecule has 0 saturated heterocycles. The standard InChI is InChI=1S/C16H25NO/c1-12-7-8-14(18-4)13(10-12)11-17-15-6-5-9-16(15,2)3/h7-8,10,15,17H,5-6,9,11H2,1-4H3. The molecule has 1 saturated carbocycles. The summed E-state index contributed by atoms with van der Waals surface area (Å²) in [7, 11) is 1.74. The van der Waals surface area contributed by atoms with Crippen LogP contribution in [0.4, 0.5) is 0 Å². The largest absolute Gasteiger partial charge is 0.496 e. The van der Waals surface area contributed by atoms with E-state index in [0.717, 1.165) is 12.3 Å². The first-order valence-corrected chi connectivity index (χ1v) is 6.90. The first-order chi connectivity index (χ1) is 8.53. The first-order valence-electron chi connectivity index (χ1n) is 6.90. The Hall–Kier alpha value is -1.02. The molecule has 2 rings (SSSR count). The molecule has 0 radical (unpaired) electrons. The third-order valence-electron chi connectivity index (χ3n) is 4.23. The highest BCUT2D eigenvalue weighted by molar-refractivity contribution is 5.36. The number of methoxy groups -OCH3 is 1. The zero-order chi connectivity index (χ0) is 13.2. The van der Waals surface area contributed by atoms with Gasteiger partial charge in [-0.15, -0.1) is 0 Å². The molecule has 1 fully saturated rings. The minimum Gasteiger partial charge on any atom is -0.496 e. The minimum absolute atomic E-state index is 0.428. The third kappa shape index (κ3) is 2.86. The zero-order valence-corrected chi connectivity index (χ0v) is 12.0. The van der Waals surface area contributed by atoms with Crippen molar-refractivity contribution in [3.8, 4) is 5.75 Å². The maximum atomic E-state index is 5.43. The Morgan fingerprint density at radius 2 is 2.17 bits per heavy atom. The molecule has 0 aliphatic heterocycles. The van der Waals surface area contributed by atoms with Crippen LogP contribution in [0, 0.1) is 12.3 Å². The molecule has 1 unspecified atom stereocenters. The summed E-state index contributed by atoms with van der Waals surface area (Å²) in [5.74, 6) is 0.990. The maximum absolute atomic E-state index is 5.43. The lowest BCUT2D eigenvalue weighted by molar-refractivity contribution is 0.281. The van der Waals surface area contributed by atoms with Crippen LogP contribution in [-0.4, -0.2) is 13.2 Å². The number of nitrogens with one attached hydrogen (secondary N) is 1. The molecule has 100 valence electrons. The second kappa shape index (κ2) is 5.31. The molecule has 0 amide bonds. The van der Waals surface area contributed by atoms with E-state index in [1.54, 1.807) is 7.11 Å². The van der Waals surface area contributed by atoms with E-state index in [-0.39, 0.29) is 0 Å². The fourth-order valence-electron chi connectivity index (χ4n) is 2.98. The predicted molar refractivity (Wildman–Crippen MR) is 76.0 cm³/mol. The highest BCUT2D eigenvalue weighted by atomic mass is 16.5. The van der Waals surface area contributed by atoms with Crippen molar-refractivity contribution < 1.29 is 4.74 Å². The van der Waals surface area contributed by atoms with Gasteiger partial charge in [0.15, 0.2) is 0 Å². The molecule has 2 heteroatoms. The summed E-state index contributed by atoms with van der Waals surface area (Å²) < 4.78 is 5.43. The van der Waals surface area contributed by atoms with Gasteiger partial charge in [0.1, 0.15) is 5.75 Å². The van der Waals surface area contributed by atoms with Crippen molar-refractivity contribution in [2.75, 3.05) is 7.11 Å². The summed E-state index contributed by atoms with van der Waals surface area (Å²) in [6.45, 7) is 7.76. The Labute approximate surface area is 111 Å². The molecule has 1 atom stereocenters. The molecule has 0 spiro atoms. The van der Waals surface area contributed by atoms with Gasteiger partial charge in [0.05, 0.1) is 7.11 Å². The van der Waals surface area contributed by atoms with E-state index in [2.05, 4.69) is 44.3 Å². The molecular weight excluding hydrogens is 222 g/mol. The molecule has 0 bridgehead atoms. The summed E-state index contributed by atoms with van der Waals surface area (Å²) in [5.41, 5.74) is 2.98. The topological polar surface area (TPSA) is 21.3 Å². The van der Waals surface area contributed by atoms with Gasteiger partial charge in [-0.3, -0.25) is 0 Å². The second-order valence-corrected chi connectivity index (χ2v) is 6.13. The van der Waals surface area contributed by atoms with E-state index >= 15 is 0 Å². The number of ether oxygens (including phenoxy) is 1. The average molecular weight is 247 g/mol. The molecule has 0 heterocycles. The summed E-state index contributed by atoms with van der Waals surface area (Å²) in [6.07, 6.45) is 3.96. The van der Waals surface area contributed by atoms with Crippen LogP contribution in [0.1, 0.15) is 44.2 Å². The lowest BCUT2D eigenvalue weighted by atomic mass is 9.87. The van der Waals surface area contributed by atoms with Crippen LogP contribution in [0.15, 0.2) is 18.2 Å². The molecule has 0 aromatic heterocycles. The SMILES string of the molecule is COc1ccc(C)cc1CNC1CCCC1(C)C. The Morgan fingerprint density at radius 1 is 1.39 bits per heavy atom. The molecule has 18 heavy (non-hydrogen) atoms. The highest BCUT2D eigenvalue weighted by Gasteiger charge is 2.33. The van der Waals surface area contributed by atoms with Gasteiger partial charge in [-0.1, -0.05) is 38.0 Å². The van der Waals surface area contributed by atoms with Crippen LogP contribution in [0.5, 0.6) is 5.75 Å². The van der Waals surface area contributed by atoms with Crippen LogP contribution < -0.4 is 10.1 Å². The molecule has 1 aromatic carbocycles. The minimum atomic E-state index is 0.428. The fourth-order valence-corrected chi connectivity index (χ4v) is 2.98. The molecule has 2 nitrogen and oxygen atoms in total. The lowest BCUT2D eigenvalue weighted by Gasteiger charge is -2.28. The summed E-state index contributed by atoms with van der Waals surface area (Å²) in [5, 5.41) is 3.71. The lowest BCUT2D eigenvalue weighted by Crippen LogP contribution is -2.37. The van der Waals surface area contributed by atoms with E-state index < -0.39 is 0 Å². The van der Waals surface area contributed by atoms with E-state index in [1.807, 2.05) is 0 Å². The van der Waals surface area contributed by atoms with Crippen LogP contribution >= 0.6 is 0 Å². The zero-order valence-electron chi connectivity index (χ0n) is 12.0. The Morgan fingerprint density at radius 3 is 2.78 bits per heavy atom. The van der Waals surface area contributed by atoms with Crippen molar-refractivity contribution in [1.29, 1.82) is 0 Å². The fraction of sp³-hybridized carbons (Fsp3) is 0.625. The predicted octanol–water partition coefficient (Wildman–Crippen LogP) is 3.67. The smallest absolute Gasteiger partial charge is 0.123 e. The number of aryl methyl sites for hydroxylation is 1. The van der Waals surface area contributed by atoms with E-state index in [9.17, 15) is 0 Å². The molecular formula is C16H25NO. The van der Waals surface area contributed by atoms with Gasteiger partial charge in [0.2, 0.25) is 0 Å². The van der Waals surface area contributed by atoms with Crippen LogP contribution in [0.2, 0.25) is 0 Å². The Bertz CT molecular complexity index is 412. The Balaban J connectivity index is 2.04. The highest BCUT2D eigenvalue weighted by Crippen LogP contribution is 2.37. The number of rotatable bonds is 4. The van der Waals surface area contributed by atoms with Gasteiger partial charge < -0.3 is 10.1 Å². The maximum Gasteiger partial charge on any atom is 0.123 e. The number of benzene rings is 1. The molecule has 1 aromatic rings. The van der Waals surface area contributed by atoms with Crippen molar-refractivity contribution in [2.24, 2.45) is 5.41 Å². The third-order valence-corrected chi connectivity index (χ3v) is 4.23. The van der Waals surface area contributed by atoms with Gasteiger partial charge in [0, 0.05) is 18.2 Å². The van der Waals surface area contributed by atoms with Crippen molar-refractivity contribution in [3.05, 3.63) is 29.3 Å². The van der Waals surface area contributed by atoms with Crippen LogP contribution in [0.25, 0.3) is 0 Å². The number of hydrogen-bond acceptors (Lipinski definition) is 2. The summed E-state index contributed by atoms with van der Waals surface area (Å²) in [6, 6.07) is 7.00. The normalized spacial score (nSPS) is 22.1. The van der Waals surface area contributed by atoms with Gasteiger partial charge in [-0.25, -0.2) is 0 Å². The molecule has 1 aliphatic carbocycles. The molecule has 1 N–H and O–H groups in total. The average Bonchev–Trinajstić information content (AvgIpc) is 2.66. The van der Waals surface area contributed by atoms with Crippen LogP contribution in [0.3, 0.4) is 0 Å². The van der Waals surface area contributed by atoms with E-state index in [4.69, 9.17) is 4.74 Å². The monoisotopic (exact) mass is 247 g/mol. The Kier molecular flexibility index (Phi) is 3.96. The van der Waals surface area contributed by atoms with Gasteiger partial charge in [0.25, 0.3) is 0 Å². The second-order valence-electron chi connectivity index (χ2n) is 6.13.